The van der Waals surface area contributed by atoms with Gasteiger partial charge in [-0.05, 0) is 61.6 Å². The third-order valence-electron chi connectivity index (χ3n) is 5.83. The van der Waals surface area contributed by atoms with Crippen LogP contribution in [0, 0.1) is 0 Å². The molecule has 0 radical (unpaired) electrons. The van der Waals surface area contributed by atoms with Crippen molar-refractivity contribution in [2.75, 3.05) is 31.2 Å². The first-order valence-electron chi connectivity index (χ1n) is 9.82. The molecule has 144 valence electrons. The number of quaternary nitrogens is 1. The summed E-state index contributed by atoms with van der Waals surface area (Å²) in [4.78, 5) is 13.9. The molecule has 2 aliphatic rings. The highest BCUT2D eigenvalue weighted by Crippen LogP contribution is 2.25. The number of nitrogens with zero attached hydrogens (tertiary/aromatic N) is 3. The van der Waals surface area contributed by atoms with Gasteiger partial charge in [-0.3, -0.25) is 4.79 Å². The Kier molecular flexibility index (Phi) is 5.50. The second-order valence-electron chi connectivity index (χ2n) is 7.71. The van der Waals surface area contributed by atoms with Gasteiger partial charge in [-0.25, -0.2) is 0 Å². The molecule has 1 aliphatic heterocycles. The number of likely N-dealkylation sites (tertiary alicyclic amines) is 1. The summed E-state index contributed by atoms with van der Waals surface area (Å²) in [6.07, 6.45) is 7.79. The molecule has 1 aromatic heterocycles. The Morgan fingerprint density at radius 3 is 2.96 bits per heavy atom. The molecule has 0 bridgehead atoms. The Morgan fingerprint density at radius 1 is 1.30 bits per heavy atom. The van der Waals surface area contributed by atoms with Crippen molar-refractivity contribution in [3.05, 3.63) is 35.2 Å². The molecule has 27 heavy (non-hydrogen) atoms. The van der Waals surface area contributed by atoms with E-state index in [4.69, 9.17) is 0 Å². The van der Waals surface area contributed by atoms with E-state index in [1.807, 2.05) is 19.4 Å². The van der Waals surface area contributed by atoms with Crippen LogP contribution in [0.15, 0.2) is 23.4 Å². The van der Waals surface area contributed by atoms with E-state index in [0.29, 0.717) is 12.5 Å². The van der Waals surface area contributed by atoms with Gasteiger partial charge in [-0.1, -0.05) is 17.8 Å². The third-order valence-corrected chi connectivity index (χ3v) is 6.55. The molecule has 0 spiro atoms. The second kappa shape index (κ2) is 8.02. The van der Waals surface area contributed by atoms with Gasteiger partial charge in [0.1, 0.15) is 5.82 Å². The van der Waals surface area contributed by atoms with E-state index in [2.05, 4.69) is 32.2 Å². The van der Waals surface area contributed by atoms with Crippen LogP contribution in [0.5, 0.6) is 0 Å². The van der Waals surface area contributed by atoms with Crippen LogP contribution in [0.25, 0.3) is 0 Å². The lowest BCUT2D eigenvalue weighted by Gasteiger charge is -2.28. The number of aryl methyl sites for hydroxylation is 2. The first-order valence-corrected chi connectivity index (χ1v) is 11.0. The number of rotatable bonds is 5. The highest BCUT2D eigenvalue weighted by Gasteiger charge is 2.29. The number of benzene rings is 1. The molecule has 2 heterocycles. The number of aromatic nitrogens is 3. The summed E-state index contributed by atoms with van der Waals surface area (Å²) in [5.74, 6) is 1.53. The van der Waals surface area contributed by atoms with Crippen molar-refractivity contribution in [1.82, 2.24) is 14.8 Å². The Hall–Kier alpha value is -1.86. The van der Waals surface area contributed by atoms with Gasteiger partial charge in [0.25, 0.3) is 5.91 Å². The number of nitrogens with one attached hydrogen (secondary N) is 2. The standard InChI is InChI=1S/C20H27N5OS/c1-24-19(22-23-20(24)27-2)16-7-4-10-25(12-16)13-18(26)21-17-9-8-14-5-3-6-15(14)11-17/h8-9,11,16H,3-7,10,12-13H2,1-2H3,(H,21,26)/p+1/t16-/m1/s1. The molecule has 1 amide bonds. The number of fused-ring (bicyclic) bond motifs is 1. The molecule has 1 fully saturated rings. The zero-order valence-corrected chi connectivity index (χ0v) is 16.9. The van der Waals surface area contributed by atoms with E-state index in [0.717, 1.165) is 49.0 Å². The lowest BCUT2D eigenvalue weighted by atomic mass is 9.97. The topological polar surface area (TPSA) is 64.2 Å². The smallest absolute Gasteiger partial charge is 0.279 e. The number of thioether (sulfide) groups is 1. The normalized spacial score (nSPS) is 21.9. The summed E-state index contributed by atoms with van der Waals surface area (Å²) in [6.45, 7) is 2.50. The van der Waals surface area contributed by atoms with Crippen LogP contribution in [-0.2, 0) is 24.7 Å². The number of piperidine rings is 1. The summed E-state index contributed by atoms with van der Waals surface area (Å²) < 4.78 is 2.10. The molecule has 2 N–H and O–H groups in total. The Bertz CT molecular complexity index is 834. The summed E-state index contributed by atoms with van der Waals surface area (Å²) in [7, 11) is 2.04. The molecule has 7 heteroatoms. The molecule has 2 atom stereocenters. The van der Waals surface area contributed by atoms with Crippen LogP contribution in [0.3, 0.4) is 0 Å². The maximum atomic E-state index is 12.6. The maximum Gasteiger partial charge on any atom is 0.279 e. The van der Waals surface area contributed by atoms with E-state index in [1.54, 1.807) is 11.8 Å². The number of amides is 1. The van der Waals surface area contributed by atoms with Gasteiger partial charge in [0.15, 0.2) is 11.7 Å². The van der Waals surface area contributed by atoms with Crippen molar-refractivity contribution in [2.45, 2.75) is 43.2 Å². The Labute approximate surface area is 164 Å². The van der Waals surface area contributed by atoms with E-state index in [-0.39, 0.29) is 5.91 Å². The van der Waals surface area contributed by atoms with Crippen molar-refractivity contribution in [3.8, 4) is 0 Å². The Balaban J connectivity index is 1.36. The fourth-order valence-electron chi connectivity index (χ4n) is 4.47. The summed E-state index contributed by atoms with van der Waals surface area (Å²) >= 11 is 1.62. The van der Waals surface area contributed by atoms with Crippen molar-refractivity contribution in [1.29, 1.82) is 0 Å². The number of hydrogen-bond donors (Lipinski definition) is 2. The first kappa shape index (κ1) is 18.5. The van der Waals surface area contributed by atoms with E-state index < -0.39 is 0 Å². The average molecular weight is 387 g/mol. The molecule has 1 unspecified atom stereocenters. The molecular weight excluding hydrogens is 358 g/mol. The summed E-state index contributed by atoms with van der Waals surface area (Å²) in [6, 6.07) is 6.36. The molecule has 0 saturated carbocycles. The lowest BCUT2D eigenvalue weighted by Crippen LogP contribution is -3.14. The van der Waals surface area contributed by atoms with Crippen LogP contribution in [0.1, 0.15) is 42.1 Å². The largest absolute Gasteiger partial charge is 0.327 e. The second-order valence-corrected chi connectivity index (χ2v) is 8.48. The van der Waals surface area contributed by atoms with E-state index in [1.165, 1.54) is 28.9 Å². The highest BCUT2D eigenvalue weighted by atomic mass is 32.2. The summed E-state index contributed by atoms with van der Waals surface area (Å²) in [5, 5.41) is 12.7. The van der Waals surface area contributed by atoms with Gasteiger partial charge in [-0.2, -0.15) is 0 Å². The highest BCUT2D eigenvalue weighted by molar-refractivity contribution is 7.98. The predicted molar refractivity (Wildman–Crippen MR) is 107 cm³/mol. The van der Waals surface area contributed by atoms with Crippen LogP contribution in [-0.4, -0.2) is 46.6 Å². The average Bonchev–Trinajstić information content (AvgIpc) is 3.27. The minimum absolute atomic E-state index is 0.103. The van der Waals surface area contributed by atoms with Gasteiger partial charge in [-0.15, -0.1) is 10.2 Å². The minimum Gasteiger partial charge on any atom is -0.327 e. The molecule has 1 aliphatic carbocycles. The number of carbonyl (C=O) groups excluding carboxylic acids is 1. The van der Waals surface area contributed by atoms with Gasteiger partial charge in [0.05, 0.1) is 19.0 Å². The monoisotopic (exact) mass is 386 g/mol. The number of hydrogen-bond acceptors (Lipinski definition) is 4. The zero-order valence-electron chi connectivity index (χ0n) is 16.1. The third kappa shape index (κ3) is 4.04. The van der Waals surface area contributed by atoms with Gasteiger partial charge < -0.3 is 14.8 Å². The number of carbonyl (C=O) groups is 1. The van der Waals surface area contributed by atoms with Crippen molar-refractivity contribution >= 4 is 23.4 Å². The minimum atomic E-state index is 0.103. The van der Waals surface area contributed by atoms with E-state index >= 15 is 0 Å². The van der Waals surface area contributed by atoms with E-state index in [9.17, 15) is 4.79 Å². The van der Waals surface area contributed by atoms with Crippen LogP contribution >= 0.6 is 11.8 Å². The quantitative estimate of drug-likeness (QED) is 0.763. The van der Waals surface area contributed by atoms with Crippen LogP contribution in [0.4, 0.5) is 5.69 Å². The van der Waals surface area contributed by atoms with Crippen molar-refractivity contribution in [3.63, 3.8) is 0 Å². The van der Waals surface area contributed by atoms with Gasteiger partial charge >= 0.3 is 0 Å². The lowest BCUT2D eigenvalue weighted by molar-refractivity contribution is -0.898. The summed E-state index contributed by atoms with van der Waals surface area (Å²) in [5.41, 5.74) is 3.77. The SMILES string of the molecule is CSc1nnc([C@@H]2CCC[NH+](CC(=O)Nc3ccc4c(c3)CCC4)C2)n1C. The fraction of sp³-hybridized carbons (Fsp3) is 0.550. The van der Waals surface area contributed by atoms with Crippen molar-refractivity contribution in [2.24, 2.45) is 7.05 Å². The van der Waals surface area contributed by atoms with Gasteiger partial charge in [0.2, 0.25) is 0 Å². The molecule has 2 aromatic rings. The van der Waals surface area contributed by atoms with Crippen LogP contribution < -0.4 is 10.2 Å². The maximum absolute atomic E-state index is 12.6. The van der Waals surface area contributed by atoms with Gasteiger partial charge in [0, 0.05) is 12.7 Å². The van der Waals surface area contributed by atoms with Crippen molar-refractivity contribution < 1.29 is 9.69 Å². The van der Waals surface area contributed by atoms with Crippen LogP contribution in [0.2, 0.25) is 0 Å². The molecule has 4 rings (SSSR count). The molecule has 6 nitrogen and oxygen atoms in total. The number of anilines is 1. The molecular formula is C20H28N5OS+. The zero-order chi connectivity index (χ0) is 18.8. The fourth-order valence-corrected chi connectivity index (χ4v) is 4.96. The Morgan fingerprint density at radius 2 is 2.15 bits per heavy atom. The predicted octanol–water partition coefficient (Wildman–Crippen LogP) is 1.43. The molecule has 1 aromatic carbocycles. The first-order chi connectivity index (χ1) is 13.1. The molecule has 1 saturated heterocycles.